The lowest BCUT2D eigenvalue weighted by atomic mass is 10.4. The Bertz CT molecular complexity index is 110. The van der Waals surface area contributed by atoms with Crippen molar-refractivity contribution in [2.24, 2.45) is 0 Å². The van der Waals surface area contributed by atoms with E-state index in [1.807, 2.05) is 7.05 Å². The van der Waals surface area contributed by atoms with Crippen LogP contribution in [0.15, 0.2) is 0 Å². The molecular weight excluding hydrogens is 175 g/mol. The summed E-state index contributed by atoms with van der Waals surface area (Å²) in [6, 6.07) is 0. The van der Waals surface area contributed by atoms with Gasteiger partial charge in [0.1, 0.15) is 0 Å². The molecule has 0 aromatic heterocycles. The number of amides is 1. The molecule has 0 saturated carbocycles. The number of hydrogen-bond donors (Lipinski definition) is 1. The van der Waals surface area contributed by atoms with E-state index >= 15 is 0 Å². The van der Waals surface area contributed by atoms with Gasteiger partial charge >= 0.3 is 0 Å². The van der Waals surface area contributed by atoms with Crippen LogP contribution in [0.5, 0.6) is 0 Å². The number of halogens is 2. The number of nitrogens with one attached hydrogen (secondary N) is 1. The first-order valence-corrected chi connectivity index (χ1v) is 2.75. The van der Waals surface area contributed by atoms with E-state index in [9.17, 15) is 4.79 Å². The molecule has 1 N–H and O–H groups in total. The first kappa shape index (κ1) is 12.7. The van der Waals surface area contributed by atoms with Crippen molar-refractivity contribution in [3.63, 3.8) is 0 Å². The molecule has 1 aliphatic rings. The molecule has 1 fully saturated rings. The van der Waals surface area contributed by atoms with Gasteiger partial charge in [-0.2, -0.15) is 0 Å². The minimum atomic E-state index is 0. The molecule has 0 bridgehead atoms. The summed E-state index contributed by atoms with van der Waals surface area (Å²) in [5, 5.41) is 2.97. The zero-order chi connectivity index (χ0) is 5.98. The molecule has 5 heteroatoms. The lowest BCUT2D eigenvalue weighted by molar-refractivity contribution is -0.130. The van der Waals surface area contributed by atoms with E-state index in [0.717, 1.165) is 13.1 Å². The van der Waals surface area contributed by atoms with Crippen LogP contribution in [0, 0.1) is 0 Å². The minimum Gasteiger partial charge on any atom is -0.343 e. The van der Waals surface area contributed by atoms with E-state index in [4.69, 9.17) is 0 Å². The van der Waals surface area contributed by atoms with E-state index in [-0.39, 0.29) is 30.7 Å². The molecule has 1 saturated heterocycles. The third-order valence-corrected chi connectivity index (χ3v) is 1.33. The highest BCUT2D eigenvalue weighted by Crippen LogP contribution is 1.86. The quantitative estimate of drug-likeness (QED) is 0.573. The predicted octanol–water partition coefficient (Wildman–Crippen LogP) is -0.108. The Kier molecular flexibility index (Phi) is 7.31. The van der Waals surface area contributed by atoms with Gasteiger partial charge in [-0.15, -0.1) is 24.8 Å². The van der Waals surface area contributed by atoms with Crippen LogP contribution in [0.25, 0.3) is 0 Å². The smallest absolute Gasteiger partial charge is 0.236 e. The number of piperazine rings is 1. The van der Waals surface area contributed by atoms with Crippen LogP contribution in [0.4, 0.5) is 0 Å². The summed E-state index contributed by atoms with van der Waals surface area (Å²) in [7, 11) is 1.82. The second-order valence-corrected chi connectivity index (χ2v) is 1.99. The molecule has 0 aromatic rings. The van der Waals surface area contributed by atoms with Crippen LogP contribution < -0.4 is 5.32 Å². The maximum absolute atomic E-state index is 10.7. The van der Waals surface area contributed by atoms with Gasteiger partial charge in [-0.05, 0) is 0 Å². The standard InChI is InChI=1S/C5H10N2O.2ClH/c1-7-3-2-6-4-5(7)8;;/h6H,2-4H2,1H3;2*1H. The summed E-state index contributed by atoms with van der Waals surface area (Å²) >= 11 is 0. The molecule has 1 rings (SSSR count). The van der Waals surface area contributed by atoms with Crippen molar-refractivity contribution in [3.05, 3.63) is 0 Å². The van der Waals surface area contributed by atoms with E-state index in [1.54, 1.807) is 4.90 Å². The fraction of sp³-hybridized carbons (Fsp3) is 0.800. The van der Waals surface area contributed by atoms with Crippen molar-refractivity contribution in [1.82, 2.24) is 10.2 Å². The summed E-state index contributed by atoms with van der Waals surface area (Å²) in [5.74, 6) is 0.191. The number of rotatable bonds is 0. The molecule has 0 aromatic carbocycles. The van der Waals surface area contributed by atoms with Gasteiger partial charge < -0.3 is 10.2 Å². The molecule has 0 spiro atoms. The Hall–Kier alpha value is 0.01000. The molecular formula is C5H12Cl2N2O. The average molecular weight is 187 g/mol. The lowest BCUT2D eigenvalue weighted by Crippen LogP contribution is -2.45. The maximum atomic E-state index is 10.7. The topological polar surface area (TPSA) is 32.3 Å². The van der Waals surface area contributed by atoms with Crippen LogP contribution in [0.3, 0.4) is 0 Å². The van der Waals surface area contributed by atoms with Gasteiger partial charge in [0.15, 0.2) is 0 Å². The van der Waals surface area contributed by atoms with Crippen molar-refractivity contribution in [2.75, 3.05) is 26.7 Å². The van der Waals surface area contributed by atoms with Crippen molar-refractivity contribution in [3.8, 4) is 0 Å². The van der Waals surface area contributed by atoms with Gasteiger partial charge in [0.25, 0.3) is 0 Å². The molecule has 0 aliphatic carbocycles. The summed E-state index contributed by atoms with van der Waals surface area (Å²) in [5.41, 5.74) is 0. The van der Waals surface area contributed by atoms with Crippen molar-refractivity contribution >= 4 is 30.7 Å². The fourth-order valence-electron chi connectivity index (χ4n) is 0.702. The number of likely N-dealkylation sites (N-methyl/N-ethyl adjacent to an activating group) is 1. The third-order valence-electron chi connectivity index (χ3n) is 1.33. The average Bonchev–Trinajstić information content (AvgIpc) is 1.77. The second kappa shape index (κ2) is 5.77. The van der Waals surface area contributed by atoms with Gasteiger partial charge in [-0.1, -0.05) is 0 Å². The van der Waals surface area contributed by atoms with E-state index in [2.05, 4.69) is 5.32 Å². The lowest BCUT2D eigenvalue weighted by Gasteiger charge is -2.22. The minimum absolute atomic E-state index is 0. The Morgan fingerprint density at radius 1 is 1.50 bits per heavy atom. The van der Waals surface area contributed by atoms with E-state index < -0.39 is 0 Å². The molecule has 1 heterocycles. The Morgan fingerprint density at radius 3 is 2.40 bits per heavy atom. The van der Waals surface area contributed by atoms with Crippen LogP contribution in [0.1, 0.15) is 0 Å². The summed E-state index contributed by atoms with van der Waals surface area (Å²) in [6.07, 6.45) is 0. The van der Waals surface area contributed by atoms with Crippen molar-refractivity contribution in [2.45, 2.75) is 0 Å². The fourth-order valence-corrected chi connectivity index (χ4v) is 0.702. The van der Waals surface area contributed by atoms with Gasteiger partial charge in [0, 0.05) is 20.1 Å². The molecule has 0 radical (unpaired) electrons. The second-order valence-electron chi connectivity index (χ2n) is 1.99. The SMILES string of the molecule is CN1CCNCC1=O.Cl.Cl. The normalized spacial score (nSPS) is 17.3. The highest BCUT2D eigenvalue weighted by molar-refractivity contribution is 5.85. The van der Waals surface area contributed by atoms with Crippen molar-refractivity contribution < 1.29 is 4.79 Å². The van der Waals surface area contributed by atoms with Gasteiger partial charge in [-0.25, -0.2) is 0 Å². The highest BCUT2D eigenvalue weighted by atomic mass is 35.5. The molecule has 1 aliphatic heterocycles. The van der Waals surface area contributed by atoms with Gasteiger partial charge in [0.05, 0.1) is 6.54 Å². The molecule has 10 heavy (non-hydrogen) atoms. The molecule has 1 amide bonds. The summed E-state index contributed by atoms with van der Waals surface area (Å²) in [4.78, 5) is 12.4. The first-order chi connectivity index (χ1) is 3.80. The first-order valence-electron chi connectivity index (χ1n) is 2.75. The largest absolute Gasteiger partial charge is 0.343 e. The predicted molar refractivity (Wildman–Crippen MR) is 45.0 cm³/mol. The van der Waals surface area contributed by atoms with Crippen LogP contribution in [0.2, 0.25) is 0 Å². The van der Waals surface area contributed by atoms with E-state index in [1.165, 1.54) is 0 Å². The molecule has 0 atom stereocenters. The summed E-state index contributed by atoms with van der Waals surface area (Å²) in [6.45, 7) is 2.29. The van der Waals surface area contributed by atoms with Crippen molar-refractivity contribution in [1.29, 1.82) is 0 Å². The van der Waals surface area contributed by atoms with Gasteiger partial charge in [-0.3, -0.25) is 4.79 Å². The Morgan fingerprint density at radius 2 is 2.10 bits per heavy atom. The monoisotopic (exact) mass is 186 g/mol. The zero-order valence-corrected chi connectivity index (χ0v) is 7.43. The van der Waals surface area contributed by atoms with Crippen LogP contribution in [-0.2, 0) is 4.79 Å². The third kappa shape index (κ3) is 3.25. The molecule has 0 unspecified atom stereocenters. The Balaban J connectivity index is 0. The van der Waals surface area contributed by atoms with Gasteiger partial charge in [0.2, 0.25) is 5.91 Å². The van der Waals surface area contributed by atoms with Crippen LogP contribution >= 0.6 is 24.8 Å². The summed E-state index contributed by atoms with van der Waals surface area (Å²) < 4.78 is 0. The number of nitrogens with zero attached hydrogens (tertiary/aromatic N) is 1. The Labute approximate surface area is 73.0 Å². The zero-order valence-electron chi connectivity index (χ0n) is 5.79. The molecule has 62 valence electrons. The maximum Gasteiger partial charge on any atom is 0.236 e. The number of carbonyl (C=O) groups excluding carboxylic acids is 1. The van der Waals surface area contributed by atoms with E-state index in [0.29, 0.717) is 6.54 Å². The van der Waals surface area contributed by atoms with Crippen LogP contribution in [-0.4, -0.2) is 37.5 Å². The number of carbonyl (C=O) groups is 1. The molecule has 3 nitrogen and oxygen atoms in total. The number of hydrogen-bond acceptors (Lipinski definition) is 2. The highest BCUT2D eigenvalue weighted by Gasteiger charge is 2.11.